The lowest BCUT2D eigenvalue weighted by Crippen LogP contribution is -2.37. The van der Waals surface area contributed by atoms with Crippen molar-refractivity contribution in [1.29, 1.82) is 0 Å². The first-order chi connectivity index (χ1) is 8.09. The first-order valence-electron chi connectivity index (χ1n) is 5.38. The van der Waals surface area contributed by atoms with Gasteiger partial charge < -0.3 is 16.2 Å². The highest BCUT2D eigenvalue weighted by molar-refractivity contribution is 5.84. The van der Waals surface area contributed by atoms with E-state index in [9.17, 15) is 9.59 Å². The van der Waals surface area contributed by atoms with Crippen molar-refractivity contribution < 1.29 is 14.7 Å². The molecule has 1 aromatic carbocycles. The Labute approximate surface area is 99.6 Å². The summed E-state index contributed by atoms with van der Waals surface area (Å²) < 4.78 is 0. The molecule has 0 spiro atoms. The summed E-state index contributed by atoms with van der Waals surface area (Å²) in [6.45, 7) is 0.481. The number of carbonyl (C=O) groups is 2. The van der Waals surface area contributed by atoms with Crippen LogP contribution in [0.1, 0.15) is 12.0 Å². The number of carboxylic acids is 1. The predicted octanol–water partition coefficient (Wildman–Crippen LogP) is 0.147. The van der Waals surface area contributed by atoms with Gasteiger partial charge in [0, 0.05) is 6.54 Å². The minimum Gasteiger partial charge on any atom is -0.480 e. The van der Waals surface area contributed by atoms with Gasteiger partial charge in [0.25, 0.3) is 0 Å². The monoisotopic (exact) mass is 236 g/mol. The minimum absolute atomic E-state index is 0.190. The largest absolute Gasteiger partial charge is 0.480 e. The fourth-order valence-electron chi connectivity index (χ4n) is 1.35. The summed E-state index contributed by atoms with van der Waals surface area (Å²) in [5.74, 6) is -1.50. The first kappa shape index (κ1) is 13.2. The summed E-state index contributed by atoms with van der Waals surface area (Å²) in [5, 5.41) is 11.2. The van der Waals surface area contributed by atoms with E-state index in [-0.39, 0.29) is 12.3 Å². The van der Waals surface area contributed by atoms with Crippen molar-refractivity contribution in [3.05, 3.63) is 35.9 Å². The summed E-state index contributed by atoms with van der Waals surface area (Å²) in [5.41, 5.74) is 6.36. The topological polar surface area (TPSA) is 92.4 Å². The molecule has 0 unspecified atom stereocenters. The summed E-state index contributed by atoms with van der Waals surface area (Å²) in [6.07, 6.45) is 0.527. The minimum atomic E-state index is -1.16. The van der Waals surface area contributed by atoms with Gasteiger partial charge in [0.05, 0.1) is 6.42 Å². The quantitative estimate of drug-likeness (QED) is 0.655. The lowest BCUT2D eigenvalue weighted by Gasteiger charge is -2.07. The molecule has 1 atom stereocenters. The second-order valence-corrected chi connectivity index (χ2v) is 3.73. The van der Waals surface area contributed by atoms with E-state index in [2.05, 4.69) is 5.32 Å². The number of carboxylic acid groups (broad SMARTS) is 1. The second kappa shape index (κ2) is 6.65. The van der Waals surface area contributed by atoms with Gasteiger partial charge in [-0.15, -0.1) is 0 Å². The molecule has 92 valence electrons. The van der Waals surface area contributed by atoms with Crippen LogP contribution < -0.4 is 11.1 Å². The van der Waals surface area contributed by atoms with Crippen LogP contribution in [0, 0.1) is 0 Å². The van der Waals surface area contributed by atoms with E-state index in [0.717, 1.165) is 12.0 Å². The van der Waals surface area contributed by atoms with Crippen LogP contribution in [0.2, 0.25) is 0 Å². The first-order valence-corrected chi connectivity index (χ1v) is 5.38. The van der Waals surface area contributed by atoms with Crippen molar-refractivity contribution in [2.75, 3.05) is 6.54 Å². The van der Waals surface area contributed by atoms with Crippen LogP contribution in [0.5, 0.6) is 0 Å². The Morgan fingerprint density at radius 1 is 1.29 bits per heavy atom. The molecule has 0 aliphatic carbocycles. The number of hydrogen-bond donors (Lipinski definition) is 3. The van der Waals surface area contributed by atoms with Crippen molar-refractivity contribution in [1.82, 2.24) is 5.32 Å². The Morgan fingerprint density at radius 3 is 2.53 bits per heavy atom. The molecule has 0 bridgehead atoms. The van der Waals surface area contributed by atoms with Crippen molar-refractivity contribution in [2.45, 2.75) is 18.9 Å². The zero-order valence-electron chi connectivity index (χ0n) is 9.43. The lowest BCUT2D eigenvalue weighted by atomic mass is 10.1. The summed E-state index contributed by atoms with van der Waals surface area (Å²) in [7, 11) is 0. The van der Waals surface area contributed by atoms with Crippen LogP contribution in [-0.2, 0) is 16.0 Å². The molecule has 0 aliphatic rings. The molecule has 5 nitrogen and oxygen atoms in total. The highest BCUT2D eigenvalue weighted by Gasteiger charge is 2.15. The van der Waals surface area contributed by atoms with Gasteiger partial charge in [-0.3, -0.25) is 9.59 Å². The van der Waals surface area contributed by atoms with Crippen molar-refractivity contribution in [3.63, 3.8) is 0 Å². The molecule has 5 heteroatoms. The van der Waals surface area contributed by atoms with Gasteiger partial charge in [0.15, 0.2) is 0 Å². The van der Waals surface area contributed by atoms with E-state index >= 15 is 0 Å². The van der Waals surface area contributed by atoms with E-state index in [0.29, 0.717) is 6.54 Å². The number of hydrogen-bond acceptors (Lipinski definition) is 3. The van der Waals surface area contributed by atoms with Gasteiger partial charge in [-0.2, -0.15) is 0 Å². The summed E-state index contributed by atoms with van der Waals surface area (Å²) >= 11 is 0. The Bertz CT molecular complexity index is 379. The molecule has 0 aromatic heterocycles. The Morgan fingerprint density at radius 2 is 1.94 bits per heavy atom. The number of carbonyl (C=O) groups excluding carboxylic acids is 1. The van der Waals surface area contributed by atoms with Gasteiger partial charge in [0.2, 0.25) is 5.91 Å². The molecule has 0 radical (unpaired) electrons. The van der Waals surface area contributed by atoms with E-state index in [1.807, 2.05) is 30.3 Å². The second-order valence-electron chi connectivity index (χ2n) is 3.73. The van der Waals surface area contributed by atoms with Gasteiger partial charge >= 0.3 is 5.97 Å². The van der Waals surface area contributed by atoms with Gasteiger partial charge in [0.1, 0.15) is 6.04 Å². The fourth-order valence-corrected chi connectivity index (χ4v) is 1.35. The predicted molar refractivity (Wildman–Crippen MR) is 63.4 cm³/mol. The third kappa shape index (κ3) is 5.12. The average Bonchev–Trinajstić information content (AvgIpc) is 2.30. The van der Waals surface area contributed by atoms with Crippen molar-refractivity contribution >= 4 is 11.9 Å². The number of rotatable bonds is 6. The number of nitrogens with two attached hydrogens (primary N) is 1. The highest BCUT2D eigenvalue weighted by atomic mass is 16.4. The van der Waals surface area contributed by atoms with Crippen LogP contribution in [-0.4, -0.2) is 29.6 Å². The van der Waals surface area contributed by atoms with Crippen molar-refractivity contribution in [3.8, 4) is 0 Å². The molecule has 1 aromatic rings. The van der Waals surface area contributed by atoms with E-state index < -0.39 is 12.0 Å². The number of amides is 1. The van der Waals surface area contributed by atoms with Gasteiger partial charge in [-0.25, -0.2) is 0 Å². The standard InChI is InChI=1S/C12H16N2O3/c13-10(12(16)17)8-11(15)14-7-6-9-4-2-1-3-5-9/h1-5,10H,6-8,13H2,(H,14,15)(H,16,17)/t10-/m0/s1. The number of aliphatic carboxylic acids is 1. The average molecular weight is 236 g/mol. The smallest absolute Gasteiger partial charge is 0.321 e. The third-order valence-electron chi connectivity index (χ3n) is 2.30. The van der Waals surface area contributed by atoms with E-state index in [1.54, 1.807) is 0 Å². The molecule has 1 amide bonds. The van der Waals surface area contributed by atoms with Crippen LogP contribution in [0.25, 0.3) is 0 Å². The lowest BCUT2D eigenvalue weighted by molar-refractivity contribution is -0.140. The summed E-state index contributed by atoms with van der Waals surface area (Å²) in [4.78, 5) is 21.7. The maximum atomic E-state index is 11.3. The van der Waals surface area contributed by atoms with Gasteiger partial charge in [-0.05, 0) is 12.0 Å². The normalized spacial score (nSPS) is 11.8. The SMILES string of the molecule is N[C@@H](CC(=O)NCCc1ccccc1)C(=O)O. The Kier molecular flexibility index (Phi) is 5.16. The molecule has 0 saturated heterocycles. The number of nitrogens with one attached hydrogen (secondary N) is 1. The van der Waals surface area contributed by atoms with E-state index in [4.69, 9.17) is 10.8 Å². The molecular formula is C12H16N2O3. The zero-order chi connectivity index (χ0) is 12.7. The molecule has 0 saturated carbocycles. The maximum absolute atomic E-state index is 11.3. The molecule has 0 fully saturated rings. The molecule has 17 heavy (non-hydrogen) atoms. The zero-order valence-corrected chi connectivity index (χ0v) is 9.43. The van der Waals surface area contributed by atoms with Crippen LogP contribution in [0.4, 0.5) is 0 Å². The summed E-state index contributed by atoms with van der Waals surface area (Å²) in [6, 6.07) is 8.58. The van der Waals surface area contributed by atoms with Gasteiger partial charge in [-0.1, -0.05) is 30.3 Å². The van der Waals surface area contributed by atoms with E-state index in [1.165, 1.54) is 0 Å². The Hall–Kier alpha value is -1.88. The van der Waals surface area contributed by atoms with Crippen LogP contribution >= 0.6 is 0 Å². The molecule has 0 aliphatic heterocycles. The maximum Gasteiger partial charge on any atom is 0.321 e. The van der Waals surface area contributed by atoms with Crippen LogP contribution in [0.3, 0.4) is 0 Å². The number of benzene rings is 1. The Balaban J connectivity index is 2.23. The third-order valence-corrected chi connectivity index (χ3v) is 2.30. The molecule has 1 rings (SSSR count). The molecule has 0 heterocycles. The molecule has 4 N–H and O–H groups in total. The molecular weight excluding hydrogens is 220 g/mol. The van der Waals surface area contributed by atoms with Crippen molar-refractivity contribution in [2.24, 2.45) is 5.73 Å². The van der Waals surface area contributed by atoms with Crippen LogP contribution in [0.15, 0.2) is 30.3 Å². The fraction of sp³-hybridized carbons (Fsp3) is 0.333. The highest BCUT2D eigenvalue weighted by Crippen LogP contribution is 1.98.